The molecule has 3 nitrogen and oxygen atoms in total. The average Bonchev–Trinajstić information content (AvgIpc) is 2.47. The molecule has 104 valence electrons. The largest absolute Gasteiger partial charge is 0.496 e. The molecule has 0 aromatic heterocycles. The number of amides is 1. The van der Waals surface area contributed by atoms with Gasteiger partial charge in [0.05, 0.1) is 12.7 Å². The molecule has 20 heavy (non-hydrogen) atoms. The van der Waals surface area contributed by atoms with E-state index in [0.717, 1.165) is 18.2 Å². The third-order valence-electron chi connectivity index (χ3n) is 2.80. The van der Waals surface area contributed by atoms with Gasteiger partial charge in [0.1, 0.15) is 17.4 Å². The van der Waals surface area contributed by atoms with Gasteiger partial charge in [0.25, 0.3) is 5.91 Å². The highest BCUT2D eigenvalue weighted by Crippen LogP contribution is 2.17. The van der Waals surface area contributed by atoms with Gasteiger partial charge < -0.3 is 10.1 Å². The van der Waals surface area contributed by atoms with Gasteiger partial charge in [0, 0.05) is 12.1 Å². The van der Waals surface area contributed by atoms with Crippen molar-refractivity contribution < 1.29 is 18.3 Å². The fourth-order valence-electron chi connectivity index (χ4n) is 1.78. The Labute approximate surface area is 115 Å². The van der Waals surface area contributed by atoms with Crippen LogP contribution in [0.1, 0.15) is 15.9 Å². The van der Waals surface area contributed by atoms with Gasteiger partial charge in [-0.1, -0.05) is 12.1 Å². The maximum Gasteiger partial charge on any atom is 0.255 e. The Morgan fingerprint density at radius 2 is 1.95 bits per heavy atom. The number of ether oxygens (including phenoxy) is 1. The summed E-state index contributed by atoms with van der Waals surface area (Å²) in [6.45, 7) is -0.0968. The second kappa shape index (κ2) is 6.14. The Bertz CT molecular complexity index is 629. The van der Waals surface area contributed by atoms with Crippen molar-refractivity contribution in [1.29, 1.82) is 0 Å². The minimum Gasteiger partial charge on any atom is -0.496 e. The number of hydrogen-bond donors (Lipinski definition) is 1. The predicted molar refractivity (Wildman–Crippen MR) is 70.5 cm³/mol. The zero-order valence-corrected chi connectivity index (χ0v) is 10.8. The summed E-state index contributed by atoms with van der Waals surface area (Å²) in [5.41, 5.74) is 0.431. The maximum atomic E-state index is 13.4. The van der Waals surface area contributed by atoms with Gasteiger partial charge >= 0.3 is 0 Å². The number of carbonyl (C=O) groups is 1. The maximum absolute atomic E-state index is 13.4. The number of carbonyl (C=O) groups excluding carboxylic acids is 1. The molecule has 0 heterocycles. The van der Waals surface area contributed by atoms with Crippen LogP contribution in [0.4, 0.5) is 8.78 Å². The van der Waals surface area contributed by atoms with Crippen LogP contribution in [-0.2, 0) is 6.54 Å². The monoisotopic (exact) mass is 277 g/mol. The van der Waals surface area contributed by atoms with Crippen LogP contribution < -0.4 is 10.1 Å². The summed E-state index contributed by atoms with van der Waals surface area (Å²) in [5.74, 6) is -1.10. The summed E-state index contributed by atoms with van der Waals surface area (Å²) in [7, 11) is 1.46. The molecule has 1 amide bonds. The summed E-state index contributed by atoms with van der Waals surface area (Å²) in [6.07, 6.45) is 0. The molecular weight excluding hydrogens is 264 g/mol. The number of methoxy groups -OCH3 is 1. The first kappa shape index (κ1) is 14.0. The highest BCUT2D eigenvalue weighted by Gasteiger charge is 2.12. The molecule has 0 unspecified atom stereocenters. The minimum atomic E-state index is -0.563. The lowest BCUT2D eigenvalue weighted by atomic mass is 10.1. The van der Waals surface area contributed by atoms with E-state index in [2.05, 4.69) is 5.32 Å². The quantitative estimate of drug-likeness (QED) is 0.933. The Morgan fingerprint density at radius 3 is 2.70 bits per heavy atom. The predicted octanol–water partition coefficient (Wildman–Crippen LogP) is 2.90. The number of hydrogen-bond acceptors (Lipinski definition) is 2. The van der Waals surface area contributed by atoms with Crippen molar-refractivity contribution in [3.05, 3.63) is 65.2 Å². The first-order valence-corrected chi connectivity index (χ1v) is 5.97. The summed E-state index contributed by atoms with van der Waals surface area (Å²) in [6, 6.07) is 9.79. The molecule has 2 aromatic rings. The topological polar surface area (TPSA) is 38.3 Å². The first-order chi connectivity index (χ1) is 9.61. The highest BCUT2D eigenvalue weighted by atomic mass is 19.1. The molecule has 0 aliphatic rings. The van der Waals surface area contributed by atoms with Crippen molar-refractivity contribution in [2.45, 2.75) is 6.54 Å². The van der Waals surface area contributed by atoms with Crippen molar-refractivity contribution in [2.75, 3.05) is 7.11 Å². The zero-order chi connectivity index (χ0) is 14.5. The third kappa shape index (κ3) is 3.12. The molecule has 0 spiro atoms. The second-order valence-corrected chi connectivity index (χ2v) is 4.12. The number of rotatable bonds is 4. The molecule has 0 saturated carbocycles. The Balaban J connectivity index is 2.11. The van der Waals surface area contributed by atoms with E-state index < -0.39 is 17.5 Å². The van der Waals surface area contributed by atoms with E-state index in [1.54, 1.807) is 24.3 Å². The van der Waals surface area contributed by atoms with E-state index in [4.69, 9.17) is 4.74 Å². The summed E-state index contributed by atoms with van der Waals surface area (Å²) >= 11 is 0. The van der Waals surface area contributed by atoms with Crippen LogP contribution in [0, 0.1) is 11.6 Å². The number of halogens is 2. The second-order valence-electron chi connectivity index (χ2n) is 4.12. The van der Waals surface area contributed by atoms with Crippen LogP contribution in [0.2, 0.25) is 0 Å². The van der Waals surface area contributed by atoms with Crippen LogP contribution in [-0.4, -0.2) is 13.0 Å². The molecule has 0 bridgehead atoms. The van der Waals surface area contributed by atoms with Gasteiger partial charge in [0.15, 0.2) is 0 Å². The van der Waals surface area contributed by atoms with E-state index in [1.807, 2.05) is 0 Å². The molecular formula is C15H13F2NO2. The van der Waals surface area contributed by atoms with E-state index >= 15 is 0 Å². The molecule has 5 heteroatoms. The molecule has 1 N–H and O–H groups in total. The molecule has 2 rings (SSSR count). The summed E-state index contributed by atoms with van der Waals surface area (Å²) < 4.78 is 31.5. The van der Waals surface area contributed by atoms with Gasteiger partial charge in [-0.15, -0.1) is 0 Å². The molecule has 0 atom stereocenters. The van der Waals surface area contributed by atoms with Gasteiger partial charge in [-0.2, -0.15) is 0 Å². The van der Waals surface area contributed by atoms with Gasteiger partial charge in [0.2, 0.25) is 0 Å². The average molecular weight is 277 g/mol. The van der Waals surface area contributed by atoms with Crippen LogP contribution in [0.5, 0.6) is 5.75 Å². The summed E-state index contributed by atoms with van der Waals surface area (Å²) in [5, 5.41) is 2.53. The van der Waals surface area contributed by atoms with Crippen molar-refractivity contribution in [3.63, 3.8) is 0 Å². The van der Waals surface area contributed by atoms with E-state index in [0.29, 0.717) is 11.3 Å². The van der Waals surface area contributed by atoms with Gasteiger partial charge in [-0.3, -0.25) is 4.79 Å². The van der Waals surface area contributed by atoms with Crippen LogP contribution >= 0.6 is 0 Å². The van der Waals surface area contributed by atoms with E-state index in [9.17, 15) is 13.6 Å². The van der Waals surface area contributed by atoms with Crippen molar-refractivity contribution >= 4 is 5.91 Å². The van der Waals surface area contributed by atoms with Crippen molar-refractivity contribution in [2.24, 2.45) is 0 Å². The van der Waals surface area contributed by atoms with Crippen LogP contribution in [0.15, 0.2) is 42.5 Å². The van der Waals surface area contributed by atoms with Crippen LogP contribution in [0.3, 0.4) is 0 Å². The minimum absolute atomic E-state index is 0.0910. The van der Waals surface area contributed by atoms with E-state index in [1.165, 1.54) is 7.11 Å². The van der Waals surface area contributed by atoms with Gasteiger partial charge in [-0.25, -0.2) is 8.78 Å². The molecule has 0 aliphatic heterocycles. The molecule has 0 fully saturated rings. The zero-order valence-electron chi connectivity index (χ0n) is 10.8. The lowest BCUT2D eigenvalue weighted by molar-refractivity contribution is 0.0947. The smallest absolute Gasteiger partial charge is 0.255 e. The highest BCUT2D eigenvalue weighted by molar-refractivity contribution is 5.96. The number of nitrogens with one attached hydrogen (secondary N) is 1. The standard InChI is InChI=1S/C15H13F2NO2/c1-20-14-5-3-2-4-12(14)15(19)18-9-10-8-11(16)6-7-13(10)17/h2-8H,9H2,1H3,(H,18,19). The lowest BCUT2D eigenvalue weighted by Crippen LogP contribution is -2.23. The molecule has 0 radical (unpaired) electrons. The third-order valence-corrected chi connectivity index (χ3v) is 2.80. The van der Waals surface area contributed by atoms with E-state index in [-0.39, 0.29) is 12.1 Å². The number of benzene rings is 2. The molecule has 0 aliphatic carbocycles. The van der Waals surface area contributed by atoms with Crippen molar-refractivity contribution in [3.8, 4) is 5.75 Å². The Morgan fingerprint density at radius 1 is 1.20 bits per heavy atom. The Hall–Kier alpha value is -2.43. The van der Waals surface area contributed by atoms with Gasteiger partial charge in [-0.05, 0) is 30.3 Å². The lowest BCUT2D eigenvalue weighted by Gasteiger charge is -2.09. The normalized spacial score (nSPS) is 10.2. The fraction of sp³-hybridized carbons (Fsp3) is 0.133. The van der Waals surface area contributed by atoms with Crippen molar-refractivity contribution in [1.82, 2.24) is 5.32 Å². The Kier molecular flexibility index (Phi) is 4.30. The SMILES string of the molecule is COc1ccccc1C(=O)NCc1cc(F)ccc1F. The number of para-hydroxylation sites is 1. The first-order valence-electron chi connectivity index (χ1n) is 5.97. The molecule has 2 aromatic carbocycles. The summed E-state index contributed by atoms with van der Waals surface area (Å²) in [4.78, 5) is 12.0. The molecule has 0 saturated heterocycles. The fourth-order valence-corrected chi connectivity index (χ4v) is 1.78. The van der Waals surface area contributed by atoms with Crippen LogP contribution in [0.25, 0.3) is 0 Å².